The van der Waals surface area contributed by atoms with Gasteiger partial charge in [0.2, 0.25) is 12.7 Å². The van der Waals surface area contributed by atoms with Crippen LogP contribution in [0.15, 0.2) is 60.2 Å². The number of rotatable bonds is 3. The van der Waals surface area contributed by atoms with Crippen molar-refractivity contribution in [3.05, 3.63) is 60.2 Å². The van der Waals surface area contributed by atoms with Crippen molar-refractivity contribution < 1.29 is 14.2 Å². The Bertz CT molecular complexity index is 1060. The third-order valence-corrected chi connectivity index (χ3v) is 4.87. The summed E-state index contributed by atoms with van der Waals surface area (Å²) in [5.74, 6) is 2.58. The molecule has 0 atom stereocenters. The largest absolute Gasteiger partial charge is 0.454 e. The van der Waals surface area contributed by atoms with Crippen LogP contribution < -0.4 is 14.2 Å². The zero-order valence-electron chi connectivity index (χ0n) is 13.0. The summed E-state index contributed by atoms with van der Waals surface area (Å²) in [5.41, 5.74) is 2.18. The lowest BCUT2D eigenvalue weighted by Gasteiger charge is -2.08. The van der Waals surface area contributed by atoms with Crippen LogP contribution in [0.1, 0.15) is 0 Å². The highest BCUT2D eigenvalue weighted by atomic mass is 32.1. The molecule has 1 aliphatic rings. The first-order valence-electron chi connectivity index (χ1n) is 7.73. The Balaban J connectivity index is 1.60. The Kier molecular flexibility index (Phi) is 3.28. The first kappa shape index (κ1) is 14.2. The zero-order valence-corrected chi connectivity index (χ0v) is 13.8. The van der Waals surface area contributed by atoms with E-state index in [9.17, 15) is 0 Å². The molecule has 0 saturated heterocycles. The van der Waals surface area contributed by atoms with Crippen molar-refractivity contribution in [1.29, 1.82) is 0 Å². The number of aromatic nitrogens is 2. The first-order valence-corrected chi connectivity index (χ1v) is 8.61. The second-order valence-electron chi connectivity index (χ2n) is 5.49. The highest BCUT2D eigenvalue weighted by Crippen LogP contribution is 2.41. The summed E-state index contributed by atoms with van der Waals surface area (Å²) in [4.78, 5) is 9.62. The van der Waals surface area contributed by atoms with E-state index in [1.54, 1.807) is 11.3 Å². The second kappa shape index (κ2) is 5.75. The fraction of sp³-hybridized carbons (Fsp3) is 0.0526. The van der Waals surface area contributed by atoms with Crippen LogP contribution in [-0.4, -0.2) is 16.8 Å². The first-order chi connectivity index (χ1) is 12.4. The predicted octanol–water partition coefficient (Wildman–Crippen LogP) is 4.88. The quantitative estimate of drug-likeness (QED) is 0.528. The van der Waals surface area contributed by atoms with Gasteiger partial charge in [-0.05, 0) is 17.7 Å². The van der Waals surface area contributed by atoms with Crippen LogP contribution in [0, 0.1) is 0 Å². The van der Waals surface area contributed by atoms with Crippen LogP contribution in [0.5, 0.6) is 23.1 Å². The van der Waals surface area contributed by atoms with E-state index in [4.69, 9.17) is 14.2 Å². The van der Waals surface area contributed by atoms with Gasteiger partial charge >= 0.3 is 0 Å². The minimum atomic E-state index is 0.235. The van der Waals surface area contributed by atoms with Crippen LogP contribution >= 0.6 is 11.3 Å². The lowest BCUT2D eigenvalue weighted by molar-refractivity contribution is 0.174. The number of thiophene rings is 1. The maximum absolute atomic E-state index is 6.06. The van der Waals surface area contributed by atoms with Crippen molar-refractivity contribution in [1.82, 2.24) is 9.97 Å². The molecule has 0 N–H and O–H groups in total. The number of hydrogen-bond acceptors (Lipinski definition) is 6. The molecular formula is C19H12N2O3S. The van der Waals surface area contributed by atoms with Crippen LogP contribution in [-0.2, 0) is 0 Å². The fourth-order valence-corrected chi connectivity index (χ4v) is 3.71. The van der Waals surface area contributed by atoms with Crippen LogP contribution in [0.3, 0.4) is 0 Å². The van der Waals surface area contributed by atoms with Gasteiger partial charge in [-0.15, -0.1) is 11.3 Å². The van der Waals surface area contributed by atoms with Crippen LogP contribution in [0.4, 0.5) is 0 Å². The molecule has 2 aromatic carbocycles. The molecular weight excluding hydrogens is 336 g/mol. The van der Waals surface area contributed by atoms with Crippen molar-refractivity contribution in [2.24, 2.45) is 0 Å². The summed E-state index contributed by atoms with van der Waals surface area (Å²) in [7, 11) is 0. The smallest absolute Gasteiger partial charge is 0.231 e. The maximum Gasteiger partial charge on any atom is 0.231 e. The van der Waals surface area contributed by atoms with Gasteiger partial charge in [0.1, 0.15) is 16.9 Å². The van der Waals surface area contributed by atoms with Crippen molar-refractivity contribution >= 4 is 21.6 Å². The Labute approximate surface area is 147 Å². The monoisotopic (exact) mass is 348 g/mol. The van der Waals surface area contributed by atoms with Crippen molar-refractivity contribution in [2.75, 3.05) is 6.79 Å². The normalized spacial score (nSPS) is 12.5. The Morgan fingerprint density at radius 1 is 0.960 bits per heavy atom. The molecule has 0 aliphatic carbocycles. The molecule has 5 nitrogen and oxygen atoms in total. The summed E-state index contributed by atoms with van der Waals surface area (Å²) < 4.78 is 16.8. The number of nitrogens with zero attached hydrogens (tertiary/aromatic N) is 2. The standard InChI is InChI=1S/C19H12N2O3S/c1-2-4-12(5-3-1)14-9-25-19-17(14)18(20-10-21-19)24-13-6-7-15-16(8-13)23-11-22-15/h1-10H,11H2. The molecule has 25 heavy (non-hydrogen) atoms. The van der Waals surface area contributed by atoms with Gasteiger partial charge in [0, 0.05) is 17.0 Å². The van der Waals surface area contributed by atoms with Gasteiger partial charge < -0.3 is 14.2 Å². The highest BCUT2D eigenvalue weighted by molar-refractivity contribution is 7.17. The Morgan fingerprint density at radius 2 is 1.84 bits per heavy atom. The van der Waals surface area contributed by atoms with Gasteiger partial charge in [0.15, 0.2) is 11.5 Å². The molecule has 0 saturated carbocycles. The molecule has 0 amide bonds. The van der Waals surface area contributed by atoms with E-state index in [1.165, 1.54) is 6.33 Å². The molecule has 0 fully saturated rings. The predicted molar refractivity (Wildman–Crippen MR) is 95.5 cm³/mol. The third-order valence-electron chi connectivity index (χ3n) is 3.98. The molecule has 122 valence electrons. The maximum atomic E-state index is 6.06. The molecule has 2 aromatic heterocycles. The fourth-order valence-electron chi connectivity index (χ4n) is 2.81. The number of hydrogen-bond donors (Lipinski definition) is 0. The van der Waals surface area contributed by atoms with Crippen LogP contribution in [0.2, 0.25) is 0 Å². The van der Waals surface area contributed by atoms with E-state index in [0.29, 0.717) is 17.4 Å². The molecule has 0 radical (unpaired) electrons. The summed E-state index contributed by atoms with van der Waals surface area (Å²) in [6, 6.07) is 15.7. The van der Waals surface area contributed by atoms with Gasteiger partial charge in [-0.2, -0.15) is 0 Å². The zero-order chi connectivity index (χ0) is 16.6. The highest BCUT2D eigenvalue weighted by Gasteiger charge is 2.17. The number of fused-ring (bicyclic) bond motifs is 2. The number of benzene rings is 2. The summed E-state index contributed by atoms with van der Waals surface area (Å²) in [5, 5.41) is 3.00. The van der Waals surface area contributed by atoms with Crippen molar-refractivity contribution in [2.45, 2.75) is 0 Å². The van der Waals surface area contributed by atoms with Gasteiger partial charge in [0.25, 0.3) is 0 Å². The second-order valence-corrected chi connectivity index (χ2v) is 6.35. The van der Waals surface area contributed by atoms with E-state index in [0.717, 1.165) is 27.1 Å². The molecule has 1 aliphatic heterocycles. The van der Waals surface area contributed by atoms with E-state index in [-0.39, 0.29) is 6.79 Å². The average Bonchev–Trinajstić information content (AvgIpc) is 3.29. The summed E-state index contributed by atoms with van der Waals surface area (Å²) in [6.45, 7) is 0.235. The van der Waals surface area contributed by atoms with E-state index in [2.05, 4.69) is 27.5 Å². The summed E-state index contributed by atoms with van der Waals surface area (Å²) >= 11 is 1.58. The lowest BCUT2D eigenvalue weighted by Crippen LogP contribution is -1.93. The third kappa shape index (κ3) is 2.47. The summed E-state index contributed by atoms with van der Waals surface area (Å²) in [6.07, 6.45) is 1.52. The topological polar surface area (TPSA) is 53.5 Å². The average molecular weight is 348 g/mol. The lowest BCUT2D eigenvalue weighted by atomic mass is 10.1. The Hall–Kier alpha value is -3.12. The van der Waals surface area contributed by atoms with Gasteiger partial charge in [-0.1, -0.05) is 30.3 Å². The van der Waals surface area contributed by atoms with Gasteiger partial charge in [-0.3, -0.25) is 0 Å². The van der Waals surface area contributed by atoms with Gasteiger partial charge in [-0.25, -0.2) is 9.97 Å². The van der Waals surface area contributed by atoms with Crippen molar-refractivity contribution in [3.8, 4) is 34.3 Å². The molecule has 6 heteroatoms. The molecule has 0 spiro atoms. The number of ether oxygens (including phenoxy) is 3. The SMILES string of the molecule is c1ccc(-c2csc3ncnc(Oc4ccc5c(c4)OCO5)c23)cc1. The minimum absolute atomic E-state index is 0.235. The minimum Gasteiger partial charge on any atom is -0.454 e. The molecule has 5 rings (SSSR count). The van der Waals surface area contributed by atoms with Gasteiger partial charge in [0.05, 0.1) is 5.39 Å². The van der Waals surface area contributed by atoms with E-state index < -0.39 is 0 Å². The molecule has 0 unspecified atom stereocenters. The van der Waals surface area contributed by atoms with E-state index >= 15 is 0 Å². The molecule has 4 aromatic rings. The Morgan fingerprint density at radius 3 is 2.76 bits per heavy atom. The van der Waals surface area contributed by atoms with Crippen LogP contribution in [0.25, 0.3) is 21.3 Å². The van der Waals surface area contributed by atoms with E-state index in [1.807, 2.05) is 36.4 Å². The molecule has 3 heterocycles. The van der Waals surface area contributed by atoms with Crippen molar-refractivity contribution in [3.63, 3.8) is 0 Å². The molecule has 0 bridgehead atoms.